The molecule has 0 atom stereocenters. The Labute approximate surface area is 220 Å². The molecule has 0 aliphatic heterocycles. The zero-order valence-corrected chi connectivity index (χ0v) is 21.5. The highest BCUT2D eigenvalue weighted by molar-refractivity contribution is 6.09. The van der Waals surface area contributed by atoms with E-state index >= 15 is 0 Å². The van der Waals surface area contributed by atoms with Crippen molar-refractivity contribution in [3.8, 4) is 16.8 Å². The summed E-state index contributed by atoms with van der Waals surface area (Å²) < 4.78 is 4.58. The third-order valence-corrected chi connectivity index (χ3v) is 7.05. The lowest BCUT2D eigenvalue weighted by Gasteiger charge is -2.10. The predicted octanol–water partition coefficient (Wildman–Crippen LogP) is 9.15. The quantitative estimate of drug-likeness (QED) is 0.257. The molecule has 0 bridgehead atoms. The van der Waals surface area contributed by atoms with Gasteiger partial charge in [-0.15, -0.1) is 0 Å². The SMILES string of the molecule is CCC.c1ccc(-n2c3c(-c4ccc5[nH]c6ccccc6c5c4)cccc3n3c4ccccc4nc23)cc1. The van der Waals surface area contributed by atoms with Crippen LogP contribution in [0.25, 0.3) is 66.5 Å². The minimum atomic E-state index is 0.924. The van der Waals surface area contributed by atoms with Crippen LogP contribution in [0, 0.1) is 0 Å². The van der Waals surface area contributed by atoms with E-state index in [2.05, 4.69) is 137 Å². The van der Waals surface area contributed by atoms with Gasteiger partial charge in [-0.2, -0.15) is 0 Å². The smallest absolute Gasteiger partial charge is 0.220 e. The molecule has 8 aromatic rings. The summed E-state index contributed by atoms with van der Waals surface area (Å²) >= 11 is 0. The molecule has 4 heteroatoms. The molecule has 0 saturated heterocycles. The van der Waals surface area contributed by atoms with Crippen LogP contribution in [-0.4, -0.2) is 18.9 Å². The molecule has 38 heavy (non-hydrogen) atoms. The fraction of sp³-hybridized carbons (Fsp3) is 0.0882. The van der Waals surface area contributed by atoms with Crippen molar-refractivity contribution in [1.29, 1.82) is 0 Å². The van der Waals surface area contributed by atoms with Crippen molar-refractivity contribution in [2.75, 3.05) is 0 Å². The summed E-state index contributed by atoms with van der Waals surface area (Å²) in [6.45, 7) is 4.25. The van der Waals surface area contributed by atoms with E-state index in [0.29, 0.717) is 0 Å². The van der Waals surface area contributed by atoms with Gasteiger partial charge in [0, 0.05) is 33.1 Å². The second-order valence-corrected chi connectivity index (χ2v) is 9.72. The lowest BCUT2D eigenvalue weighted by atomic mass is 10.0. The topological polar surface area (TPSA) is 38.0 Å². The van der Waals surface area contributed by atoms with Gasteiger partial charge in [0.1, 0.15) is 0 Å². The number of rotatable bonds is 2. The first-order chi connectivity index (χ1) is 18.8. The van der Waals surface area contributed by atoms with Gasteiger partial charge in [0.25, 0.3) is 0 Å². The third kappa shape index (κ3) is 3.34. The van der Waals surface area contributed by atoms with Gasteiger partial charge >= 0.3 is 0 Å². The molecular weight excluding hydrogens is 464 g/mol. The highest BCUT2D eigenvalue weighted by Gasteiger charge is 2.20. The fourth-order valence-corrected chi connectivity index (χ4v) is 5.52. The van der Waals surface area contributed by atoms with Gasteiger partial charge in [-0.25, -0.2) is 4.98 Å². The average molecular weight is 493 g/mol. The van der Waals surface area contributed by atoms with Crippen LogP contribution in [0.15, 0.2) is 115 Å². The van der Waals surface area contributed by atoms with Gasteiger partial charge < -0.3 is 4.98 Å². The van der Waals surface area contributed by atoms with Crippen molar-refractivity contribution in [1.82, 2.24) is 18.9 Å². The van der Waals surface area contributed by atoms with E-state index in [1.165, 1.54) is 28.3 Å². The Hall–Kier alpha value is -4.83. The fourth-order valence-electron chi connectivity index (χ4n) is 5.52. The molecule has 0 aliphatic carbocycles. The molecule has 8 rings (SSSR count). The van der Waals surface area contributed by atoms with Crippen molar-refractivity contribution in [3.63, 3.8) is 0 Å². The van der Waals surface area contributed by atoms with E-state index < -0.39 is 0 Å². The molecule has 5 aromatic carbocycles. The second-order valence-electron chi connectivity index (χ2n) is 9.72. The van der Waals surface area contributed by atoms with Gasteiger partial charge in [0.2, 0.25) is 5.78 Å². The summed E-state index contributed by atoms with van der Waals surface area (Å²) in [6.07, 6.45) is 1.25. The van der Waals surface area contributed by atoms with Crippen molar-refractivity contribution in [2.45, 2.75) is 20.3 Å². The van der Waals surface area contributed by atoms with E-state index in [-0.39, 0.29) is 0 Å². The minimum Gasteiger partial charge on any atom is -0.355 e. The lowest BCUT2D eigenvalue weighted by Crippen LogP contribution is -1.96. The van der Waals surface area contributed by atoms with Crippen LogP contribution in [-0.2, 0) is 0 Å². The lowest BCUT2D eigenvalue weighted by molar-refractivity contribution is 1.09. The van der Waals surface area contributed by atoms with Crippen LogP contribution in [0.1, 0.15) is 20.3 Å². The molecule has 0 fully saturated rings. The molecule has 0 saturated carbocycles. The molecule has 3 aromatic heterocycles. The number of nitrogens with zero attached hydrogens (tertiary/aromatic N) is 3. The third-order valence-electron chi connectivity index (χ3n) is 7.05. The van der Waals surface area contributed by atoms with E-state index in [9.17, 15) is 0 Å². The molecule has 0 amide bonds. The first-order valence-electron chi connectivity index (χ1n) is 13.3. The van der Waals surface area contributed by atoms with Crippen molar-refractivity contribution in [3.05, 3.63) is 115 Å². The Morgan fingerprint density at radius 1 is 0.658 bits per heavy atom. The monoisotopic (exact) mass is 492 g/mol. The number of hydrogen-bond acceptors (Lipinski definition) is 1. The van der Waals surface area contributed by atoms with Crippen LogP contribution >= 0.6 is 0 Å². The minimum absolute atomic E-state index is 0.924. The average Bonchev–Trinajstić information content (AvgIpc) is 3.62. The van der Waals surface area contributed by atoms with Crippen LogP contribution in [0.3, 0.4) is 0 Å². The summed E-state index contributed by atoms with van der Waals surface area (Å²) in [6, 6.07) is 40.7. The van der Waals surface area contributed by atoms with Gasteiger partial charge in [-0.1, -0.05) is 87.0 Å². The molecule has 4 nitrogen and oxygen atoms in total. The number of imidazole rings is 2. The Morgan fingerprint density at radius 2 is 1.37 bits per heavy atom. The second kappa shape index (κ2) is 8.93. The summed E-state index contributed by atoms with van der Waals surface area (Å²) in [4.78, 5) is 8.62. The highest BCUT2D eigenvalue weighted by atomic mass is 15.2. The van der Waals surface area contributed by atoms with Crippen LogP contribution in [0.4, 0.5) is 0 Å². The molecule has 0 aliphatic rings. The molecule has 0 unspecified atom stereocenters. The van der Waals surface area contributed by atoms with Gasteiger partial charge in [-0.05, 0) is 54.1 Å². The molecule has 184 valence electrons. The summed E-state index contributed by atoms with van der Waals surface area (Å²) in [7, 11) is 0. The largest absolute Gasteiger partial charge is 0.355 e. The van der Waals surface area contributed by atoms with Gasteiger partial charge in [-0.3, -0.25) is 8.97 Å². The van der Waals surface area contributed by atoms with E-state index in [1.807, 2.05) is 6.07 Å². The molecule has 3 heterocycles. The number of para-hydroxylation sites is 5. The predicted molar refractivity (Wildman–Crippen MR) is 160 cm³/mol. The Balaban J connectivity index is 0.000000773. The first kappa shape index (κ1) is 22.4. The van der Waals surface area contributed by atoms with E-state index in [4.69, 9.17) is 4.98 Å². The zero-order chi connectivity index (χ0) is 25.6. The van der Waals surface area contributed by atoms with Crippen LogP contribution < -0.4 is 0 Å². The summed E-state index contributed by atoms with van der Waals surface area (Å²) in [5.41, 5.74) is 10.2. The summed E-state index contributed by atoms with van der Waals surface area (Å²) in [5.74, 6) is 0.924. The van der Waals surface area contributed by atoms with E-state index in [0.717, 1.165) is 44.6 Å². The standard InChI is InChI=1S/C31H20N4.C3H8/c1-2-9-21(10-3-1)34-30-22(20-17-18-26-24(19-20)23-11-4-5-13-25(23)32-26)12-8-16-29(30)35-28-15-7-6-14-27(28)33-31(34)35;1-3-2/h1-19,32H;3H2,1-2H3. The maximum absolute atomic E-state index is 5.07. The van der Waals surface area contributed by atoms with Crippen molar-refractivity contribution >= 4 is 49.7 Å². The maximum Gasteiger partial charge on any atom is 0.220 e. The first-order valence-corrected chi connectivity index (χ1v) is 13.3. The summed E-state index contributed by atoms with van der Waals surface area (Å²) in [5, 5.41) is 2.49. The molecule has 0 radical (unpaired) electrons. The molecule has 0 spiro atoms. The highest BCUT2D eigenvalue weighted by Crippen LogP contribution is 2.37. The Morgan fingerprint density at radius 3 is 2.24 bits per heavy atom. The van der Waals surface area contributed by atoms with Gasteiger partial charge in [0.05, 0.1) is 22.1 Å². The van der Waals surface area contributed by atoms with Crippen LogP contribution in [0.5, 0.6) is 0 Å². The molecule has 1 N–H and O–H groups in total. The van der Waals surface area contributed by atoms with Gasteiger partial charge in [0.15, 0.2) is 0 Å². The van der Waals surface area contributed by atoms with Crippen LogP contribution in [0.2, 0.25) is 0 Å². The number of nitrogens with one attached hydrogen (secondary N) is 1. The molecular formula is C34H28N4. The Kier molecular flexibility index (Phi) is 5.26. The Bertz CT molecular complexity index is 2070. The zero-order valence-electron chi connectivity index (χ0n) is 21.5. The number of H-pyrrole nitrogens is 1. The van der Waals surface area contributed by atoms with E-state index in [1.54, 1.807) is 0 Å². The van der Waals surface area contributed by atoms with Crippen molar-refractivity contribution in [2.24, 2.45) is 0 Å². The number of benzene rings is 5. The number of aromatic nitrogens is 4. The number of aromatic amines is 1. The van der Waals surface area contributed by atoms with Crippen molar-refractivity contribution < 1.29 is 0 Å². The maximum atomic E-state index is 5.07. The number of hydrogen-bond donors (Lipinski definition) is 1. The number of fused-ring (bicyclic) bond motifs is 8. The normalized spacial score (nSPS) is 11.5.